The summed E-state index contributed by atoms with van der Waals surface area (Å²) in [4.78, 5) is 14.2. The maximum absolute atomic E-state index is 12.3. The fourth-order valence-electron chi connectivity index (χ4n) is 2.22. The number of morpholine rings is 1. The first-order valence-corrected chi connectivity index (χ1v) is 6.92. The van der Waals surface area contributed by atoms with Crippen LogP contribution in [0, 0.1) is 5.41 Å². The van der Waals surface area contributed by atoms with E-state index in [9.17, 15) is 4.79 Å². The summed E-state index contributed by atoms with van der Waals surface area (Å²) < 4.78 is 5.76. The molecule has 1 aliphatic heterocycles. The summed E-state index contributed by atoms with van der Waals surface area (Å²) >= 11 is 6.00. The van der Waals surface area contributed by atoms with E-state index >= 15 is 0 Å². The molecule has 1 unspecified atom stereocenters. The lowest BCUT2D eigenvalue weighted by Crippen LogP contribution is -2.46. The molecule has 3 nitrogen and oxygen atoms in total. The highest BCUT2D eigenvalue weighted by Gasteiger charge is 2.31. The third kappa shape index (κ3) is 3.48. The van der Waals surface area contributed by atoms with Crippen molar-refractivity contribution in [3.8, 4) is 0 Å². The summed E-state index contributed by atoms with van der Waals surface area (Å²) in [5, 5.41) is 0.695. The summed E-state index contributed by atoms with van der Waals surface area (Å²) in [5.74, 6) is 0.169. The zero-order chi connectivity index (χ0) is 14.0. The van der Waals surface area contributed by atoms with Crippen molar-refractivity contribution >= 4 is 17.5 Å². The number of nitrogens with zero attached hydrogens (tertiary/aromatic N) is 1. The van der Waals surface area contributed by atoms with Crippen molar-refractivity contribution in [3.63, 3.8) is 0 Å². The summed E-state index contributed by atoms with van der Waals surface area (Å²) in [6.45, 7) is 7.65. The first kappa shape index (κ1) is 14.4. The summed E-state index contributed by atoms with van der Waals surface area (Å²) in [6.07, 6.45) is -0.0845. The van der Waals surface area contributed by atoms with Crippen molar-refractivity contribution in [2.75, 3.05) is 19.7 Å². The molecular formula is C15H20ClNO2. The molecule has 0 spiro atoms. The monoisotopic (exact) mass is 281 g/mol. The molecule has 2 rings (SSSR count). The molecule has 104 valence electrons. The van der Waals surface area contributed by atoms with E-state index in [1.54, 1.807) is 0 Å². The highest BCUT2D eigenvalue weighted by molar-refractivity contribution is 6.30. The Kier molecular flexibility index (Phi) is 4.16. The second-order valence-electron chi connectivity index (χ2n) is 5.92. The van der Waals surface area contributed by atoms with Gasteiger partial charge in [-0.25, -0.2) is 0 Å². The predicted octanol–water partition coefficient (Wildman–Crippen LogP) is 3.29. The van der Waals surface area contributed by atoms with E-state index in [0.717, 1.165) is 5.56 Å². The Labute approximate surface area is 119 Å². The van der Waals surface area contributed by atoms with Gasteiger partial charge in [0, 0.05) is 17.0 Å². The van der Waals surface area contributed by atoms with Crippen molar-refractivity contribution in [2.45, 2.75) is 26.9 Å². The Hall–Kier alpha value is -1.06. The highest BCUT2D eigenvalue weighted by Crippen LogP contribution is 2.27. The van der Waals surface area contributed by atoms with Crippen LogP contribution in [0.4, 0.5) is 0 Å². The van der Waals surface area contributed by atoms with Gasteiger partial charge in [0.2, 0.25) is 5.91 Å². The van der Waals surface area contributed by atoms with Crippen LogP contribution in [0.1, 0.15) is 32.4 Å². The fourth-order valence-corrected chi connectivity index (χ4v) is 2.42. The molecule has 1 amide bonds. The molecule has 1 fully saturated rings. The lowest BCUT2D eigenvalue weighted by Gasteiger charge is -2.36. The molecule has 1 saturated heterocycles. The van der Waals surface area contributed by atoms with Gasteiger partial charge in [0.15, 0.2) is 0 Å². The molecule has 4 heteroatoms. The SMILES string of the molecule is CC(C)(C)C(=O)N1CCOC(c2cccc(Cl)c2)C1. The number of benzene rings is 1. The third-order valence-corrected chi connectivity index (χ3v) is 3.45. The third-order valence-electron chi connectivity index (χ3n) is 3.22. The molecule has 1 aliphatic rings. The van der Waals surface area contributed by atoms with Crippen molar-refractivity contribution < 1.29 is 9.53 Å². The quantitative estimate of drug-likeness (QED) is 0.790. The topological polar surface area (TPSA) is 29.5 Å². The maximum atomic E-state index is 12.3. The number of amides is 1. The lowest BCUT2D eigenvalue weighted by atomic mass is 9.94. The van der Waals surface area contributed by atoms with Crippen molar-refractivity contribution in [1.82, 2.24) is 4.90 Å². The highest BCUT2D eigenvalue weighted by atomic mass is 35.5. The Morgan fingerprint density at radius 1 is 1.42 bits per heavy atom. The van der Waals surface area contributed by atoms with Gasteiger partial charge >= 0.3 is 0 Å². The van der Waals surface area contributed by atoms with Crippen molar-refractivity contribution in [1.29, 1.82) is 0 Å². The average Bonchev–Trinajstić information content (AvgIpc) is 2.37. The maximum Gasteiger partial charge on any atom is 0.228 e. The molecule has 0 aromatic heterocycles. The normalized spacial score (nSPS) is 20.4. The second kappa shape index (κ2) is 5.51. The molecule has 1 heterocycles. The van der Waals surface area contributed by atoms with Crippen LogP contribution < -0.4 is 0 Å². The van der Waals surface area contributed by atoms with Crippen LogP contribution in [-0.2, 0) is 9.53 Å². The minimum absolute atomic E-state index is 0.0845. The van der Waals surface area contributed by atoms with Crippen molar-refractivity contribution in [3.05, 3.63) is 34.9 Å². The standard InChI is InChI=1S/C15H20ClNO2/c1-15(2,3)14(18)17-7-8-19-13(10-17)11-5-4-6-12(16)9-11/h4-6,9,13H,7-8,10H2,1-3H3. The van der Waals surface area contributed by atoms with Gasteiger partial charge in [-0.2, -0.15) is 0 Å². The van der Waals surface area contributed by atoms with Gasteiger partial charge in [-0.1, -0.05) is 44.5 Å². The van der Waals surface area contributed by atoms with Gasteiger partial charge in [-0.3, -0.25) is 4.79 Å². The fraction of sp³-hybridized carbons (Fsp3) is 0.533. The number of rotatable bonds is 1. The van der Waals surface area contributed by atoms with E-state index in [2.05, 4.69) is 0 Å². The Morgan fingerprint density at radius 3 is 2.79 bits per heavy atom. The number of halogens is 1. The molecule has 0 N–H and O–H groups in total. The van der Waals surface area contributed by atoms with E-state index in [0.29, 0.717) is 24.7 Å². The molecule has 1 aromatic carbocycles. The minimum atomic E-state index is -0.351. The lowest BCUT2D eigenvalue weighted by molar-refractivity contribution is -0.147. The van der Waals surface area contributed by atoms with Gasteiger partial charge in [-0.15, -0.1) is 0 Å². The van der Waals surface area contributed by atoms with Crippen LogP contribution in [-0.4, -0.2) is 30.5 Å². The molecule has 0 radical (unpaired) electrons. The van der Waals surface area contributed by atoms with Crippen LogP contribution in [0.5, 0.6) is 0 Å². The van der Waals surface area contributed by atoms with Gasteiger partial charge in [0.1, 0.15) is 6.10 Å². The van der Waals surface area contributed by atoms with Gasteiger partial charge in [0.05, 0.1) is 13.2 Å². The van der Waals surface area contributed by atoms with E-state index in [1.165, 1.54) is 0 Å². The smallest absolute Gasteiger partial charge is 0.228 e. The molecule has 1 atom stereocenters. The van der Waals surface area contributed by atoms with Crippen LogP contribution >= 0.6 is 11.6 Å². The van der Waals surface area contributed by atoms with Crippen LogP contribution in [0.15, 0.2) is 24.3 Å². The number of hydrogen-bond donors (Lipinski definition) is 0. The number of carbonyl (C=O) groups excluding carboxylic acids is 1. The zero-order valence-corrected chi connectivity index (χ0v) is 12.4. The van der Waals surface area contributed by atoms with E-state index < -0.39 is 0 Å². The summed E-state index contributed by atoms with van der Waals surface area (Å²) in [6, 6.07) is 7.64. The molecule has 0 bridgehead atoms. The Morgan fingerprint density at radius 2 is 2.16 bits per heavy atom. The average molecular weight is 282 g/mol. The van der Waals surface area contributed by atoms with Crippen LogP contribution in [0.3, 0.4) is 0 Å². The molecule has 1 aromatic rings. The molecular weight excluding hydrogens is 262 g/mol. The van der Waals surface area contributed by atoms with E-state index in [-0.39, 0.29) is 17.4 Å². The summed E-state index contributed by atoms with van der Waals surface area (Å²) in [7, 11) is 0. The Balaban J connectivity index is 2.11. The largest absolute Gasteiger partial charge is 0.370 e. The van der Waals surface area contributed by atoms with Gasteiger partial charge in [0.25, 0.3) is 0 Å². The van der Waals surface area contributed by atoms with Crippen LogP contribution in [0.2, 0.25) is 5.02 Å². The number of ether oxygens (including phenoxy) is 1. The van der Waals surface area contributed by atoms with Crippen molar-refractivity contribution in [2.24, 2.45) is 5.41 Å². The zero-order valence-electron chi connectivity index (χ0n) is 11.6. The molecule has 0 aliphatic carbocycles. The van der Waals surface area contributed by atoms with E-state index in [4.69, 9.17) is 16.3 Å². The van der Waals surface area contributed by atoms with Gasteiger partial charge < -0.3 is 9.64 Å². The minimum Gasteiger partial charge on any atom is -0.370 e. The first-order chi connectivity index (χ1) is 8.88. The molecule has 0 saturated carbocycles. The predicted molar refractivity (Wildman–Crippen MR) is 76.2 cm³/mol. The van der Waals surface area contributed by atoms with E-state index in [1.807, 2.05) is 49.9 Å². The second-order valence-corrected chi connectivity index (χ2v) is 6.35. The molecule has 19 heavy (non-hydrogen) atoms. The number of hydrogen-bond acceptors (Lipinski definition) is 2. The summed E-state index contributed by atoms with van der Waals surface area (Å²) in [5.41, 5.74) is 0.676. The van der Waals surface area contributed by atoms with Crippen LogP contribution in [0.25, 0.3) is 0 Å². The number of carbonyl (C=O) groups is 1. The van der Waals surface area contributed by atoms with Gasteiger partial charge in [-0.05, 0) is 17.7 Å². The Bertz CT molecular complexity index is 467. The first-order valence-electron chi connectivity index (χ1n) is 6.54.